The van der Waals surface area contributed by atoms with Gasteiger partial charge in [0.15, 0.2) is 11.5 Å². The molecule has 3 aromatic heterocycles. The maximum absolute atomic E-state index is 13.0. The molecule has 0 atom stereocenters. The number of nitrogen functional groups attached to an aromatic ring is 1. The fourth-order valence-corrected chi connectivity index (χ4v) is 3.31. The van der Waals surface area contributed by atoms with E-state index < -0.39 is 5.97 Å². The van der Waals surface area contributed by atoms with Crippen molar-refractivity contribution >= 4 is 23.0 Å². The van der Waals surface area contributed by atoms with E-state index in [2.05, 4.69) is 15.1 Å². The van der Waals surface area contributed by atoms with Gasteiger partial charge in [-0.25, -0.2) is 18.7 Å². The number of aromatic nitrogens is 3. The molecule has 3 N–H and O–H groups in total. The van der Waals surface area contributed by atoms with Gasteiger partial charge in [-0.2, -0.15) is 0 Å². The first-order valence-corrected chi connectivity index (χ1v) is 10.5. The molecule has 0 radical (unpaired) electrons. The van der Waals surface area contributed by atoms with E-state index in [4.69, 9.17) is 19.8 Å². The zero-order valence-electron chi connectivity index (χ0n) is 18.5. The van der Waals surface area contributed by atoms with E-state index in [0.29, 0.717) is 40.2 Å². The largest absolute Gasteiger partial charge is 0.481 e. The predicted octanol–water partition coefficient (Wildman–Crippen LogP) is 4.95. The Bertz CT molecular complexity index is 1460. The first-order chi connectivity index (χ1) is 16.8. The van der Waals surface area contributed by atoms with Gasteiger partial charge in [-0.05, 0) is 54.4 Å². The van der Waals surface area contributed by atoms with Crippen LogP contribution in [0.2, 0.25) is 0 Å². The van der Waals surface area contributed by atoms with Crippen molar-refractivity contribution in [2.75, 3.05) is 5.73 Å². The van der Waals surface area contributed by atoms with Gasteiger partial charge < -0.3 is 19.8 Å². The van der Waals surface area contributed by atoms with Gasteiger partial charge in [0.1, 0.15) is 28.6 Å². The smallest absolute Gasteiger partial charge is 0.307 e. The van der Waals surface area contributed by atoms with Crippen LogP contribution in [0.3, 0.4) is 0 Å². The normalized spacial score (nSPS) is 10.7. The Hall–Kier alpha value is -4.60. The number of carbonyl (C=O) groups is 1. The Kier molecular flexibility index (Phi) is 6.81. The maximum Gasteiger partial charge on any atom is 0.307 e. The van der Waals surface area contributed by atoms with Crippen LogP contribution in [-0.2, 0) is 17.6 Å². The molecule has 35 heavy (non-hydrogen) atoms. The number of rotatable bonds is 5. The highest BCUT2D eigenvalue weighted by atomic mass is 19.1. The second-order valence-corrected chi connectivity index (χ2v) is 7.65. The lowest BCUT2D eigenvalue weighted by Gasteiger charge is -2.00. The van der Waals surface area contributed by atoms with Gasteiger partial charge in [0.05, 0.1) is 6.42 Å². The Morgan fingerprint density at radius 2 is 1.57 bits per heavy atom. The average molecular weight is 478 g/mol. The second-order valence-electron chi connectivity index (χ2n) is 7.65. The Morgan fingerprint density at radius 1 is 0.943 bits per heavy atom. The van der Waals surface area contributed by atoms with Gasteiger partial charge in [0, 0.05) is 6.42 Å². The molecule has 0 saturated carbocycles. The van der Waals surface area contributed by atoms with Crippen LogP contribution in [0.1, 0.15) is 22.6 Å². The maximum atomic E-state index is 13.0. The monoisotopic (exact) mass is 478 g/mol. The van der Waals surface area contributed by atoms with Gasteiger partial charge in [-0.1, -0.05) is 29.4 Å². The van der Waals surface area contributed by atoms with Gasteiger partial charge in [0.25, 0.3) is 0 Å². The molecule has 0 amide bonds. The van der Waals surface area contributed by atoms with Crippen molar-refractivity contribution in [3.8, 4) is 11.5 Å². The summed E-state index contributed by atoms with van der Waals surface area (Å²) in [7, 11) is 0. The van der Waals surface area contributed by atoms with Gasteiger partial charge in [0.2, 0.25) is 11.5 Å². The highest BCUT2D eigenvalue weighted by molar-refractivity contribution is 5.88. The summed E-state index contributed by atoms with van der Waals surface area (Å²) in [5, 5.41) is 12.4. The molecule has 178 valence electrons. The second kappa shape index (κ2) is 10.1. The Morgan fingerprint density at radius 3 is 2.14 bits per heavy atom. The van der Waals surface area contributed by atoms with Crippen molar-refractivity contribution in [2.45, 2.75) is 19.8 Å². The average Bonchev–Trinajstić information content (AvgIpc) is 3.43. The number of fused-ring (bicyclic) bond motifs is 1. The molecule has 0 unspecified atom stereocenters. The van der Waals surface area contributed by atoms with Crippen LogP contribution in [-0.4, -0.2) is 26.2 Å². The van der Waals surface area contributed by atoms with Crippen LogP contribution in [0.5, 0.6) is 0 Å². The van der Waals surface area contributed by atoms with Crippen LogP contribution < -0.4 is 5.73 Å². The lowest BCUT2D eigenvalue weighted by Crippen LogP contribution is -1.99. The van der Waals surface area contributed by atoms with Crippen molar-refractivity contribution in [1.82, 2.24) is 15.1 Å². The molecular formula is C25H20F2N4O4. The van der Waals surface area contributed by atoms with Crippen molar-refractivity contribution in [3.63, 3.8) is 0 Å². The first kappa shape index (κ1) is 23.6. The number of furan rings is 1. The number of benzene rings is 2. The number of nitrogens with two attached hydrogens (primary N) is 1. The van der Waals surface area contributed by atoms with Crippen LogP contribution in [0.4, 0.5) is 14.7 Å². The van der Waals surface area contributed by atoms with E-state index in [1.807, 2.05) is 13.0 Å². The van der Waals surface area contributed by atoms with Crippen LogP contribution in [0.25, 0.3) is 22.6 Å². The predicted molar refractivity (Wildman–Crippen MR) is 123 cm³/mol. The fourth-order valence-electron chi connectivity index (χ4n) is 3.31. The van der Waals surface area contributed by atoms with E-state index in [1.165, 1.54) is 36.4 Å². The number of aryl methyl sites for hydroxylation is 1. The zero-order valence-corrected chi connectivity index (χ0v) is 18.5. The molecule has 0 fully saturated rings. The molecule has 0 aliphatic rings. The number of carboxylic acid groups (broad SMARTS) is 1. The summed E-state index contributed by atoms with van der Waals surface area (Å²) in [6, 6.07) is 15.2. The summed E-state index contributed by atoms with van der Waals surface area (Å²) < 4.78 is 36.3. The quantitative estimate of drug-likeness (QED) is 0.363. The third-order valence-electron chi connectivity index (χ3n) is 4.93. The number of hydrogen-bond acceptors (Lipinski definition) is 7. The van der Waals surface area contributed by atoms with Gasteiger partial charge in [-0.3, -0.25) is 4.79 Å². The van der Waals surface area contributed by atoms with Crippen LogP contribution >= 0.6 is 0 Å². The fraction of sp³-hybridized carbons (Fsp3) is 0.120. The highest BCUT2D eigenvalue weighted by Gasteiger charge is 2.19. The van der Waals surface area contributed by atoms with Crippen molar-refractivity contribution in [3.05, 3.63) is 94.9 Å². The lowest BCUT2D eigenvalue weighted by atomic mass is 10.1. The molecule has 2 aromatic carbocycles. The van der Waals surface area contributed by atoms with E-state index in [1.54, 1.807) is 18.2 Å². The number of anilines is 1. The minimum Gasteiger partial charge on any atom is -0.481 e. The van der Waals surface area contributed by atoms with Crippen molar-refractivity contribution in [1.29, 1.82) is 0 Å². The number of carboxylic acids is 1. The minimum atomic E-state index is -0.906. The summed E-state index contributed by atoms with van der Waals surface area (Å²) in [5.74, 6) is -0.144. The Balaban J connectivity index is 0.000000221. The number of halogens is 2. The molecule has 0 spiro atoms. The van der Waals surface area contributed by atoms with Crippen molar-refractivity contribution < 1.29 is 27.6 Å². The molecule has 0 aliphatic heterocycles. The number of nitrogens with zero attached hydrogens (tertiary/aromatic N) is 3. The van der Waals surface area contributed by atoms with Crippen molar-refractivity contribution in [2.24, 2.45) is 0 Å². The van der Waals surface area contributed by atoms with E-state index in [9.17, 15) is 13.6 Å². The molecule has 0 aliphatic carbocycles. The van der Waals surface area contributed by atoms with E-state index in [0.717, 1.165) is 11.3 Å². The molecule has 3 heterocycles. The van der Waals surface area contributed by atoms with Gasteiger partial charge >= 0.3 is 5.97 Å². The standard InChI is InChI=1S/C17H13FN4O2.C8H7FO2/c1-9-2-7-13(23-9)15-16-14(20-17(19)21-15)12(22-24-16)8-10-3-5-11(18)6-4-10;9-7-3-1-6(2-4-7)5-8(10)11/h2-7H,8H2,1H3,(H2,19,20,21);1-4H,5H2,(H,10,11). The minimum absolute atomic E-state index is 0.0553. The first-order valence-electron chi connectivity index (χ1n) is 10.5. The summed E-state index contributed by atoms with van der Waals surface area (Å²) in [4.78, 5) is 18.6. The number of hydrogen-bond donors (Lipinski definition) is 2. The van der Waals surface area contributed by atoms with Gasteiger partial charge in [-0.15, -0.1) is 0 Å². The molecule has 8 nitrogen and oxygen atoms in total. The molecule has 0 saturated heterocycles. The molecule has 5 aromatic rings. The lowest BCUT2D eigenvalue weighted by molar-refractivity contribution is -0.136. The summed E-state index contributed by atoms with van der Waals surface area (Å²) in [5.41, 5.74) is 9.33. The zero-order chi connectivity index (χ0) is 24.9. The topological polar surface area (TPSA) is 128 Å². The number of aliphatic carboxylic acids is 1. The molecule has 0 bridgehead atoms. The highest BCUT2D eigenvalue weighted by Crippen LogP contribution is 2.30. The van der Waals surface area contributed by atoms with Crippen LogP contribution in [0, 0.1) is 18.6 Å². The Labute approximate surface area is 198 Å². The SMILES string of the molecule is Cc1ccc(-c2nc(N)nc3c(Cc4ccc(F)cc4)noc23)o1.O=C(O)Cc1ccc(F)cc1. The third-order valence-corrected chi connectivity index (χ3v) is 4.93. The van der Waals surface area contributed by atoms with E-state index >= 15 is 0 Å². The molecule has 10 heteroatoms. The third kappa shape index (κ3) is 5.85. The van der Waals surface area contributed by atoms with Crippen LogP contribution in [0.15, 0.2) is 69.6 Å². The summed E-state index contributed by atoms with van der Waals surface area (Å²) >= 11 is 0. The molecular weight excluding hydrogens is 458 g/mol. The summed E-state index contributed by atoms with van der Waals surface area (Å²) in [6.45, 7) is 1.84. The molecule has 5 rings (SSSR count). The summed E-state index contributed by atoms with van der Waals surface area (Å²) in [6.07, 6.45) is 0.390. The van der Waals surface area contributed by atoms with E-state index in [-0.39, 0.29) is 24.0 Å².